The first-order valence-electron chi connectivity index (χ1n) is 8.66. The quantitative estimate of drug-likeness (QED) is 0.386. The Morgan fingerprint density at radius 2 is 1.79 bits per heavy atom. The third-order valence-electron chi connectivity index (χ3n) is 3.97. The molecule has 1 N–H and O–H groups in total. The fourth-order valence-electron chi connectivity index (χ4n) is 2.54. The van der Waals surface area contributed by atoms with Crippen molar-refractivity contribution in [3.05, 3.63) is 82.4 Å². The van der Waals surface area contributed by atoms with E-state index in [0.717, 1.165) is 5.56 Å². The molecular formula is C21H15N3O4S. The first-order valence-corrected chi connectivity index (χ1v) is 9.54. The van der Waals surface area contributed by atoms with Crippen molar-refractivity contribution >= 4 is 28.9 Å². The van der Waals surface area contributed by atoms with E-state index in [0.29, 0.717) is 33.6 Å². The molecule has 0 aliphatic carbocycles. The maximum absolute atomic E-state index is 12.3. The number of esters is 1. The summed E-state index contributed by atoms with van der Waals surface area (Å²) in [6, 6.07) is 16.9. The number of thiophene rings is 1. The predicted octanol–water partition coefficient (Wildman–Crippen LogP) is 4.58. The zero-order valence-corrected chi connectivity index (χ0v) is 16.1. The highest BCUT2D eigenvalue weighted by atomic mass is 32.1. The molecule has 4 rings (SSSR count). The van der Waals surface area contributed by atoms with Crippen LogP contribution in [-0.4, -0.2) is 22.0 Å². The second-order valence-corrected chi connectivity index (χ2v) is 7.01. The van der Waals surface area contributed by atoms with Crippen LogP contribution in [0.5, 0.6) is 5.75 Å². The fraction of sp³-hybridized carbons (Fsp3) is 0.0476. The molecule has 0 aliphatic rings. The van der Waals surface area contributed by atoms with Gasteiger partial charge in [-0.2, -0.15) is 4.98 Å². The van der Waals surface area contributed by atoms with Gasteiger partial charge in [0.2, 0.25) is 11.7 Å². The summed E-state index contributed by atoms with van der Waals surface area (Å²) in [5.74, 6) is 0.664. The zero-order valence-electron chi connectivity index (χ0n) is 15.3. The van der Waals surface area contributed by atoms with E-state index >= 15 is 0 Å². The normalized spacial score (nSPS) is 10.5. The van der Waals surface area contributed by atoms with E-state index in [2.05, 4.69) is 15.5 Å². The van der Waals surface area contributed by atoms with Crippen LogP contribution in [0.3, 0.4) is 0 Å². The Balaban J connectivity index is 1.38. The van der Waals surface area contributed by atoms with Crippen LogP contribution in [0.25, 0.3) is 11.4 Å². The van der Waals surface area contributed by atoms with E-state index in [1.807, 2.05) is 11.4 Å². The molecule has 2 aromatic carbocycles. The van der Waals surface area contributed by atoms with E-state index < -0.39 is 5.97 Å². The summed E-state index contributed by atoms with van der Waals surface area (Å²) >= 11 is 1.36. The van der Waals surface area contributed by atoms with Crippen LogP contribution >= 0.6 is 11.3 Å². The number of benzene rings is 2. The monoisotopic (exact) mass is 405 g/mol. The van der Waals surface area contributed by atoms with Crippen LogP contribution in [0.15, 0.2) is 70.6 Å². The third kappa shape index (κ3) is 4.39. The standard InChI is InChI=1S/C21H15N3O4S/c1-13-22-19(24-28-13)14-6-10-17(11-7-14)27-21(26)15-4-8-16(9-5-15)23-20(25)18-3-2-12-29-18/h2-12H,1H3,(H,23,25). The highest BCUT2D eigenvalue weighted by Gasteiger charge is 2.11. The Hall–Kier alpha value is -3.78. The van der Waals surface area contributed by atoms with Gasteiger partial charge in [0.15, 0.2) is 0 Å². The van der Waals surface area contributed by atoms with Gasteiger partial charge in [0.05, 0.1) is 10.4 Å². The first kappa shape index (κ1) is 18.6. The molecule has 0 radical (unpaired) electrons. The lowest BCUT2D eigenvalue weighted by Gasteiger charge is -2.07. The summed E-state index contributed by atoms with van der Waals surface area (Å²) in [6.07, 6.45) is 0. The number of aryl methyl sites for hydroxylation is 1. The highest BCUT2D eigenvalue weighted by molar-refractivity contribution is 7.12. The van der Waals surface area contributed by atoms with Gasteiger partial charge in [0.25, 0.3) is 5.91 Å². The molecule has 144 valence electrons. The van der Waals surface area contributed by atoms with Crippen molar-refractivity contribution in [2.75, 3.05) is 5.32 Å². The molecule has 1 amide bonds. The highest BCUT2D eigenvalue weighted by Crippen LogP contribution is 2.21. The van der Waals surface area contributed by atoms with E-state index in [9.17, 15) is 9.59 Å². The third-order valence-corrected chi connectivity index (χ3v) is 4.84. The van der Waals surface area contributed by atoms with Gasteiger partial charge in [-0.05, 0) is 60.0 Å². The number of amides is 1. The molecule has 2 aromatic heterocycles. The molecule has 0 aliphatic heterocycles. The summed E-state index contributed by atoms with van der Waals surface area (Å²) in [7, 11) is 0. The molecule has 4 aromatic rings. The van der Waals surface area contributed by atoms with Crippen LogP contribution in [0, 0.1) is 6.92 Å². The second kappa shape index (κ2) is 8.07. The van der Waals surface area contributed by atoms with Gasteiger partial charge >= 0.3 is 5.97 Å². The lowest BCUT2D eigenvalue weighted by atomic mass is 10.2. The number of nitrogens with zero attached hydrogens (tertiary/aromatic N) is 2. The molecule has 0 atom stereocenters. The summed E-state index contributed by atoms with van der Waals surface area (Å²) in [5, 5.41) is 8.47. The number of anilines is 1. The first-order chi connectivity index (χ1) is 14.1. The van der Waals surface area contributed by atoms with Crippen molar-refractivity contribution in [2.24, 2.45) is 0 Å². The Morgan fingerprint density at radius 3 is 2.41 bits per heavy atom. The minimum Gasteiger partial charge on any atom is -0.423 e. The Kier molecular flexibility index (Phi) is 5.17. The van der Waals surface area contributed by atoms with Crippen molar-refractivity contribution in [2.45, 2.75) is 6.92 Å². The number of hydrogen-bond acceptors (Lipinski definition) is 7. The summed E-state index contributed by atoms with van der Waals surface area (Å²) in [5.41, 5.74) is 1.73. The minimum absolute atomic E-state index is 0.188. The van der Waals surface area contributed by atoms with Gasteiger partial charge in [-0.25, -0.2) is 4.79 Å². The lowest BCUT2D eigenvalue weighted by Crippen LogP contribution is -2.11. The van der Waals surface area contributed by atoms with Crippen LogP contribution < -0.4 is 10.1 Å². The zero-order chi connectivity index (χ0) is 20.2. The van der Waals surface area contributed by atoms with Gasteiger partial charge in [0, 0.05) is 18.2 Å². The SMILES string of the molecule is Cc1nc(-c2ccc(OC(=O)c3ccc(NC(=O)c4cccs4)cc3)cc2)no1. The molecule has 0 unspecified atom stereocenters. The van der Waals surface area contributed by atoms with Crippen molar-refractivity contribution in [1.29, 1.82) is 0 Å². The number of carbonyl (C=O) groups is 2. The average molecular weight is 405 g/mol. The maximum atomic E-state index is 12.3. The minimum atomic E-state index is -0.496. The van der Waals surface area contributed by atoms with Gasteiger partial charge in [-0.3, -0.25) is 4.79 Å². The van der Waals surface area contributed by atoms with E-state index in [1.54, 1.807) is 61.5 Å². The Labute approximate surface area is 170 Å². The lowest BCUT2D eigenvalue weighted by molar-refractivity contribution is 0.0734. The largest absolute Gasteiger partial charge is 0.423 e. The number of nitrogens with one attached hydrogen (secondary N) is 1. The van der Waals surface area contributed by atoms with Crippen molar-refractivity contribution in [1.82, 2.24) is 10.1 Å². The van der Waals surface area contributed by atoms with Crippen LogP contribution in [0.4, 0.5) is 5.69 Å². The average Bonchev–Trinajstić information content (AvgIpc) is 3.41. The van der Waals surface area contributed by atoms with Gasteiger partial charge in [0.1, 0.15) is 5.75 Å². The molecular weight excluding hydrogens is 390 g/mol. The number of aromatic nitrogens is 2. The Bertz CT molecular complexity index is 1130. The molecule has 0 bridgehead atoms. The van der Waals surface area contributed by atoms with Gasteiger partial charge < -0.3 is 14.6 Å². The van der Waals surface area contributed by atoms with Crippen molar-refractivity contribution in [3.63, 3.8) is 0 Å². The number of carbonyl (C=O) groups excluding carboxylic acids is 2. The van der Waals surface area contributed by atoms with Gasteiger partial charge in [-0.1, -0.05) is 11.2 Å². The maximum Gasteiger partial charge on any atom is 0.343 e. The molecule has 7 nitrogen and oxygen atoms in total. The van der Waals surface area contributed by atoms with E-state index in [1.165, 1.54) is 11.3 Å². The van der Waals surface area contributed by atoms with E-state index in [-0.39, 0.29) is 5.91 Å². The molecule has 0 saturated carbocycles. The smallest absolute Gasteiger partial charge is 0.343 e. The molecule has 0 spiro atoms. The van der Waals surface area contributed by atoms with Crippen LogP contribution in [-0.2, 0) is 0 Å². The van der Waals surface area contributed by atoms with Crippen molar-refractivity contribution < 1.29 is 18.8 Å². The Morgan fingerprint density at radius 1 is 1.03 bits per heavy atom. The van der Waals surface area contributed by atoms with E-state index in [4.69, 9.17) is 9.26 Å². The molecule has 0 fully saturated rings. The molecule has 8 heteroatoms. The number of ether oxygens (including phenoxy) is 1. The van der Waals surface area contributed by atoms with Crippen LogP contribution in [0.2, 0.25) is 0 Å². The topological polar surface area (TPSA) is 94.3 Å². The molecule has 2 heterocycles. The fourth-order valence-corrected chi connectivity index (χ4v) is 3.16. The second-order valence-electron chi connectivity index (χ2n) is 6.06. The summed E-state index contributed by atoms with van der Waals surface area (Å²) in [6.45, 7) is 1.71. The molecule has 29 heavy (non-hydrogen) atoms. The molecule has 0 saturated heterocycles. The van der Waals surface area contributed by atoms with Crippen molar-refractivity contribution in [3.8, 4) is 17.1 Å². The summed E-state index contributed by atoms with van der Waals surface area (Å²) < 4.78 is 10.3. The number of rotatable bonds is 5. The predicted molar refractivity (Wildman–Crippen MR) is 108 cm³/mol. The van der Waals surface area contributed by atoms with Gasteiger partial charge in [-0.15, -0.1) is 11.3 Å². The van der Waals surface area contributed by atoms with Crippen LogP contribution in [0.1, 0.15) is 25.9 Å². The number of hydrogen-bond donors (Lipinski definition) is 1. The summed E-state index contributed by atoms with van der Waals surface area (Å²) in [4.78, 5) is 29.2.